The van der Waals surface area contributed by atoms with E-state index in [2.05, 4.69) is 6.92 Å². The summed E-state index contributed by atoms with van der Waals surface area (Å²) < 4.78 is 5.02. The molecule has 0 amide bonds. The van der Waals surface area contributed by atoms with Gasteiger partial charge >= 0.3 is 0 Å². The first kappa shape index (κ1) is 18.1. The second-order valence-electron chi connectivity index (χ2n) is 3.28. The minimum absolute atomic E-state index is 0.216. The van der Waals surface area contributed by atoms with E-state index >= 15 is 0 Å². The zero-order chi connectivity index (χ0) is 12.8. The molecule has 5 N–H and O–H groups in total. The standard InChI is InChI=1S/C7H16O3.C3H8O3/c1-2-3-4-10-6-7(9)5-8;4-1-3(6)2-5/h7-9H,2-6H2,1H3;3-6H,1-2H2. The number of aliphatic hydroxyl groups is 5. The molecule has 0 aromatic rings. The van der Waals surface area contributed by atoms with Crippen LogP contribution in [0.15, 0.2) is 0 Å². The van der Waals surface area contributed by atoms with E-state index in [-0.39, 0.29) is 26.4 Å². The van der Waals surface area contributed by atoms with Crippen molar-refractivity contribution in [2.45, 2.75) is 32.0 Å². The van der Waals surface area contributed by atoms with E-state index in [0.717, 1.165) is 12.8 Å². The lowest BCUT2D eigenvalue weighted by Gasteiger charge is -2.06. The van der Waals surface area contributed by atoms with Crippen molar-refractivity contribution in [2.24, 2.45) is 0 Å². The average molecular weight is 240 g/mol. The first-order valence-corrected chi connectivity index (χ1v) is 5.38. The summed E-state index contributed by atoms with van der Waals surface area (Å²) in [6.45, 7) is 2.05. The zero-order valence-electron chi connectivity index (χ0n) is 9.75. The summed E-state index contributed by atoms with van der Waals surface area (Å²) in [5, 5.41) is 41.2. The van der Waals surface area contributed by atoms with Gasteiger partial charge in [0.1, 0.15) is 12.2 Å². The SMILES string of the molecule is CCCCOCC(O)CO.OCC(O)CO. The fourth-order valence-electron chi connectivity index (χ4n) is 0.576. The number of rotatable bonds is 8. The summed E-state index contributed by atoms with van der Waals surface area (Å²) in [6, 6.07) is 0. The molecule has 16 heavy (non-hydrogen) atoms. The van der Waals surface area contributed by atoms with Gasteiger partial charge in [0.2, 0.25) is 0 Å². The van der Waals surface area contributed by atoms with Crippen molar-refractivity contribution in [3.8, 4) is 0 Å². The minimum atomic E-state index is -0.954. The third-order valence-corrected chi connectivity index (χ3v) is 1.58. The van der Waals surface area contributed by atoms with Gasteiger partial charge in [-0.1, -0.05) is 13.3 Å². The third kappa shape index (κ3) is 16.2. The van der Waals surface area contributed by atoms with Crippen molar-refractivity contribution in [2.75, 3.05) is 33.0 Å². The van der Waals surface area contributed by atoms with Gasteiger partial charge < -0.3 is 30.3 Å². The average Bonchev–Trinajstić information content (AvgIpc) is 2.34. The molecule has 1 unspecified atom stereocenters. The Morgan fingerprint density at radius 3 is 1.75 bits per heavy atom. The van der Waals surface area contributed by atoms with Crippen LogP contribution in [0.1, 0.15) is 19.8 Å². The van der Waals surface area contributed by atoms with Gasteiger partial charge in [0.15, 0.2) is 0 Å². The lowest BCUT2D eigenvalue weighted by molar-refractivity contribution is 0.00557. The van der Waals surface area contributed by atoms with Crippen molar-refractivity contribution in [1.82, 2.24) is 0 Å². The Bertz CT molecular complexity index is 118. The van der Waals surface area contributed by atoms with Crippen LogP contribution in [0, 0.1) is 0 Å². The Hall–Kier alpha value is -0.240. The van der Waals surface area contributed by atoms with Crippen LogP contribution in [-0.4, -0.2) is 70.8 Å². The van der Waals surface area contributed by atoms with Crippen LogP contribution in [0.5, 0.6) is 0 Å². The van der Waals surface area contributed by atoms with Crippen LogP contribution in [0.25, 0.3) is 0 Å². The van der Waals surface area contributed by atoms with Gasteiger partial charge in [0.05, 0.1) is 26.4 Å². The first-order valence-electron chi connectivity index (χ1n) is 5.38. The van der Waals surface area contributed by atoms with Crippen molar-refractivity contribution in [1.29, 1.82) is 0 Å². The summed E-state index contributed by atoms with van der Waals surface area (Å²) in [5.41, 5.74) is 0. The Labute approximate surface area is 96.1 Å². The molecule has 0 aliphatic carbocycles. The zero-order valence-corrected chi connectivity index (χ0v) is 9.75. The lowest BCUT2D eigenvalue weighted by Crippen LogP contribution is -2.19. The molecular weight excluding hydrogens is 216 g/mol. The van der Waals surface area contributed by atoms with E-state index < -0.39 is 12.2 Å². The Morgan fingerprint density at radius 1 is 0.938 bits per heavy atom. The highest BCUT2D eigenvalue weighted by molar-refractivity contribution is 4.48. The van der Waals surface area contributed by atoms with E-state index in [9.17, 15) is 0 Å². The molecule has 0 aliphatic rings. The van der Waals surface area contributed by atoms with Crippen LogP contribution in [0.3, 0.4) is 0 Å². The molecule has 0 bridgehead atoms. The molecule has 0 spiro atoms. The second kappa shape index (κ2) is 14.8. The lowest BCUT2D eigenvalue weighted by atomic mass is 10.3. The van der Waals surface area contributed by atoms with E-state index in [4.69, 9.17) is 30.3 Å². The van der Waals surface area contributed by atoms with Crippen LogP contribution in [0.4, 0.5) is 0 Å². The van der Waals surface area contributed by atoms with Gasteiger partial charge in [-0.25, -0.2) is 0 Å². The Morgan fingerprint density at radius 2 is 1.44 bits per heavy atom. The van der Waals surface area contributed by atoms with E-state index in [1.165, 1.54) is 0 Å². The maximum absolute atomic E-state index is 8.78. The van der Waals surface area contributed by atoms with Gasteiger partial charge in [-0.15, -0.1) is 0 Å². The van der Waals surface area contributed by atoms with E-state index in [0.29, 0.717) is 6.61 Å². The maximum atomic E-state index is 8.78. The van der Waals surface area contributed by atoms with Crippen LogP contribution < -0.4 is 0 Å². The van der Waals surface area contributed by atoms with Crippen molar-refractivity contribution in [3.05, 3.63) is 0 Å². The number of hydrogen-bond acceptors (Lipinski definition) is 6. The normalized spacial score (nSPS) is 12.2. The molecule has 0 aromatic heterocycles. The summed E-state index contributed by atoms with van der Waals surface area (Å²) in [6.07, 6.45) is 0.440. The van der Waals surface area contributed by atoms with Crippen molar-refractivity contribution < 1.29 is 30.3 Å². The highest BCUT2D eigenvalue weighted by atomic mass is 16.5. The topological polar surface area (TPSA) is 110 Å². The van der Waals surface area contributed by atoms with Crippen LogP contribution in [-0.2, 0) is 4.74 Å². The number of ether oxygens (including phenoxy) is 1. The summed E-state index contributed by atoms with van der Waals surface area (Å²) in [5.74, 6) is 0. The number of aliphatic hydroxyl groups excluding tert-OH is 5. The second-order valence-corrected chi connectivity index (χ2v) is 3.28. The molecule has 1 atom stereocenters. The minimum Gasteiger partial charge on any atom is -0.394 e. The summed E-state index contributed by atoms with van der Waals surface area (Å²) in [7, 11) is 0. The molecule has 100 valence electrons. The van der Waals surface area contributed by atoms with Gasteiger partial charge in [-0.2, -0.15) is 0 Å². The molecule has 0 aliphatic heterocycles. The third-order valence-electron chi connectivity index (χ3n) is 1.58. The van der Waals surface area contributed by atoms with Gasteiger partial charge in [-0.3, -0.25) is 0 Å². The molecule has 0 rings (SSSR count). The number of unbranched alkanes of at least 4 members (excludes halogenated alkanes) is 1. The predicted molar refractivity (Wildman–Crippen MR) is 59.0 cm³/mol. The summed E-state index contributed by atoms with van der Waals surface area (Å²) >= 11 is 0. The fraction of sp³-hybridized carbons (Fsp3) is 1.00. The van der Waals surface area contributed by atoms with Gasteiger partial charge in [-0.05, 0) is 6.42 Å². The quantitative estimate of drug-likeness (QED) is 0.330. The molecule has 0 saturated carbocycles. The van der Waals surface area contributed by atoms with Gasteiger partial charge in [0, 0.05) is 6.61 Å². The first-order chi connectivity index (χ1) is 7.62. The van der Waals surface area contributed by atoms with Gasteiger partial charge in [0.25, 0.3) is 0 Å². The molecule has 0 aromatic carbocycles. The largest absolute Gasteiger partial charge is 0.394 e. The molecule has 0 fully saturated rings. The monoisotopic (exact) mass is 240 g/mol. The number of hydrogen-bond donors (Lipinski definition) is 5. The van der Waals surface area contributed by atoms with E-state index in [1.807, 2.05) is 0 Å². The highest BCUT2D eigenvalue weighted by Crippen LogP contribution is 1.89. The smallest absolute Gasteiger partial charge is 0.100 e. The Balaban J connectivity index is 0. The molecule has 6 nitrogen and oxygen atoms in total. The van der Waals surface area contributed by atoms with Crippen molar-refractivity contribution >= 4 is 0 Å². The molecule has 6 heteroatoms. The molecular formula is C10H24O6. The van der Waals surface area contributed by atoms with Crippen molar-refractivity contribution in [3.63, 3.8) is 0 Å². The highest BCUT2D eigenvalue weighted by Gasteiger charge is 1.99. The Kier molecular flexibility index (Phi) is 16.7. The van der Waals surface area contributed by atoms with Crippen LogP contribution in [0.2, 0.25) is 0 Å². The molecule has 0 saturated heterocycles. The maximum Gasteiger partial charge on any atom is 0.100 e. The fourth-order valence-corrected chi connectivity index (χ4v) is 0.576. The predicted octanol–water partition coefficient (Wildman–Crippen LogP) is -1.51. The van der Waals surface area contributed by atoms with Crippen LogP contribution >= 0.6 is 0 Å². The molecule has 0 radical (unpaired) electrons. The summed E-state index contributed by atoms with van der Waals surface area (Å²) in [4.78, 5) is 0. The van der Waals surface area contributed by atoms with E-state index in [1.54, 1.807) is 0 Å². The molecule has 0 heterocycles.